The molecule has 0 spiro atoms. The standard InChI is InChI=1S/C18H16N4O3/c1-13(23)21-16-6-3-5-15(11-16)18(24)22-20-12-14-4-2-7-17(10-14)25-9-8-19/h2-7,10-12H,9H2,1H3,(H,21,23)(H,22,24). The van der Waals surface area contributed by atoms with Crippen molar-refractivity contribution in [2.45, 2.75) is 6.92 Å². The van der Waals surface area contributed by atoms with Crippen LogP contribution in [0.3, 0.4) is 0 Å². The Bertz CT molecular complexity index is 840. The van der Waals surface area contributed by atoms with Crippen LogP contribution >= 0.6 is 0 Å². The molecule has 2 rings (SSSR count). The molecule has 2 amide bonds. The molecule has 0 atom stereocenters. The van der Waals surface area contributed by atoms with Gasteiger partial charge in [-0.1, -0.05) is 18.2 Å². The van der Waals surface area contributed by atoms with E-state index in [1.165, 1.54) is 13.1 Å². The average molecular weight is 336 g/mol. The molecule has 0 aliphatic rings. The minimum Gasteiger partial charge on any atom is -0.479 e. The molecule has 7 heteroatoms. The van der Waals surface area contributed by atoms with Gasteiger partial charge in [0.15, 0.2) is 6.61 Å². The Morgan fingerprint density at radius 2 is 2.04 bits per heavy atom. The Morgan fingerprint density at radius 1 is 1.24 bits per heavy atom. The van der Waals surface area contributed by atoms with E-state index in [9.17, 15) is 9.59 Å². The molecule has 0 fully saturated rings. The minimum atomic E-state index is -0.402. The summed E-state index contributed by atoms with van der Waals surface area (Å²) in [7, 11) is 0. The predicted octanol–water partition coefficient (Wildman–Crippen LogP) is 2.31. The first-order valence-corrected chi connectivity index (χ1v) is 7.39. The molecule has 0 bridgehead atoms. The first-order chi connectivity index (χ1) is 12.1. The van der Waals surface area contributed by atoms with Crippen molar-refractivity contribution in [1.82, 2.24) is 5.43 Å². The number of nitriles is 1. The van der Waals surface area contributed by atoms with Crippen molar-refractivity contribution in [1.29, 1.82) is 5.26 Å². The van der Waals surface area contributed by atoms with E-state index in [1.54, 1.807) is 48.5 Å². The number of hydrogen-bond donors (Lipinski definition) is 2. The maximum absolute atomic E-state index is 12.1. The maximum Gasteiger partial charge on any atom is 0.271 e. The van der Waals surface area contributed by atoms with Crippen LogP contribution in [0.2, 0.25) is 0 Å². The second kappa shape index (κ2) is 8.84. The number of hydrazone groups is 1. The average Bonchev–Trinajstić information content (AvgIpc) is 2.60. The number of anilines is 1. The van der Waals surface area contributed by atoms with Crippen LogP contribution in [0.5, 0.6) is 5.75 Å². The molecule has 7 nitrogen and oxygen atoms in total. The monoisotopic (exact) mass is 336 g/mol. The molecule has 0 unspecified atom stereocenters. The summed E-state index contributed by atoms with van der Waals surface area (Å²) in [5.74, 6) is -0.0748. The van der Waals surface area contributed by atoms with E-state index in [-0.39, 0.29) is 12.5 Å². The molecule has 0 radical (unpaired) electrons. The van der Waals surface area contributed by atoms with Crippen molar-refractivity contribution in [3.8, 4) is 11.8 Å². The van der Waals surface area contributed by atoms with Crippen molar-refractivity contribution in [3.63, 3.8) is 0 Å². The van der Waals surface area contributed by atoms with Crippen LogP contribution in [-0.4, -0.2) is 24.6 Å². The Morgan fingerprint density at radius 3 is 2.80 bits per heavy atom. The fourth-order valence-electron chi connectivity index (χ4n) is 1.97. The van der Waals surface area contributed by atoms with Gasteiger partial charge in [-0.15, -0.1) is 0 Å². The molecule has 0 saturated heterocycles. The number of nitrogens with one attached hydrogen (secondary N) is 2. The second-order valence-electron chi connectivity index (χ2n) is 4.98. The first kappa shape index (κ1) is 17.7. The van der Waals surface area contributed by atoms with Gasteiger partial charge in [-0.2, -0.15) is 10.4 Å². The van der Waals surface area contributed by atoms with Gasteiger partial charge >= 0.3 is 0 Å². The van der Waals surface area contributed by atoms with Gasteiger partial charge in [0.25, 0.3) is 5.91 Å². The summed E-state index contributed by atoms with van der Waals surface area (Å²) in [4.78, 5) is 23.1. The number of amides is 2. The summed E-state index contributed by atoms with van der Waals surface area (Å²) >= 11 is 0. The summed E-state index contributed by atoms with van der Waals surface area (Å²) in [6.07, 6.45) is 1.47. The highest BCUT2D eigenvalue weighted by molar-refractivity contribution is 5.97. The molecule has 0 saturated carbocycles. The molecule has 0 aliphatic heterocycles. The van der Waals surface area contributed by atoms with Crippen LogP contribution < -0.4 is 15.5 Å². The molecule has 0 heterocycles. The smallest absolute Gasteiger partial charge is 0.271 e. The zero-order chi connectivity index (χ0) is 18.1. The van der Waals surface area contributed by atoms with Crippen LogP contribution in [0.4, 0.5) is 5.69 Å². The van der Waals surface area contributed by atoms with Crippen molar-refractivity contribution >= 4 is 23.7 Å². The normalized spacial score (nSPS) is 10.1. The van der Waals surface area contributed by atoms with E-state index >= 15 is 0 Å². The molecule has 2 N–H and O–H groups in total. The fourth-order valence-corrected chi connectivity index (χ4v) is 1.97. The summed E-state index contributed by atoms with van der Waals surface area (Å²) in [6.45, 7) is 1.35. The van der Waals surface area contributed by atoms with Crippen LogP contribution in [0.25, 0.3) is 0 Å². The van der Waals surface area contributed by atoms with Gasteiger partial charge in [-0.25, -0.2) is 5.43 Å². The Balaban J connectivity index is 1.99. The van der Waals surface area contributed by atoms with E-state index in [0.717, 1.165) is 0 Å². The summed E-state index contributed by atoms with van der Waals surface area (Å²) in [5, 5.41) is 15.0. The van der Waals surface area contributed by atoms with Crippen LogP contribution in [-0.2, 0) is 4.79 Å². The van der Waals surface area contributed by atoms with E-state index < -0.39 is 5.91 Å². The highest BCUT2D eigenvalue weighted by Crippen LogP contribution is 2.12. The van der Waals surface area contributed by atoms with Gasteiger partial charge in [0.2, 0.25) is 5.91 Å². The van der Waals surface area contributed by atoms with Gasteiger partial charge in [-0.05, 0) is 35.9 Å². The third kappa shape index (κ3) is 5.80. The topological polar surface area (TPSA) is 104 Å². The van der Waals surface area contributed by atoms with Crippen LogP contribution in [0, 0.1) is 11.3 Å². The quantitative estimate of drug-likeness (QED) is 0.624. The van der Waals surface area contributed by atoms with Crippen molar-refractivity contribution in [2.75, 3.05) is 11.9 Å². The summed E-state index contributed by atoms with van der Waals surface area (Å²) in [6, 6.07) is 15.4. The van der Waals surface area contributed by atoms with E-state index in [4.69, 9.17) is 10.00 Å². The number of rotatable bonds is 6. The van der Waals surface area contributed by atoms with E-state index in [0.29, 0.717) is 22.6 Å². The third-order valence-electron chi connectivity index (χ3n) is 2.99. The number of carbonyl (C=O) groups is 2. The lowest BCUT2D eigenvalue weighted by molar-refractivity contribution is -0.114. The van der Waals surface area contributed by atoms with Crippen LogP contribution in [0.15, 0.2) is 53.6 Å². The SMILES string of the molecule is CC(=O)Nc1cccc(C(=O)NN=Cc2cccc(OCC#N)c2)c1. The lowest BCUT2D eigenvalue weighted by Crippen LogP contribution is -2.18. The van der Waals surface area contributed by atoms with Crippen molar-refractivity contribution < 1.29 is 14.3 Å². The lowest BCUT2D eigenvalue weighted by atomic mass is 10.2. The van der Waals surface area contributed by atoms with Crippen molar-refractivity contribution in [3.05, 3.63) is 59.7 Å². The van der Waals surface area contributed by atoms with Gasteiger partial charge in [0.1, 0.15) is 11.8 Å². The molecule has 0 aromatic heterocycles. The van der Waals surface area contributed by atoms with E-state index in [1.807, 2.05) is 6.07 Å². The van der Waals surface area contributed by atoms with Gasteiger partial charge in [-0.3, -0.25) is 9.59 Å². The second-order valence-corrected chi connectivity index (χ2v) is 4.98. The number of carbonyl (C=O) groups excluding carboxylic acids is 2. The molecule has 2 aromatic rings. The highest BCUT2D eigenvalue weighted by atomic mass is 16.5. The number of hydrogen-bond acceptors (Lipinski definition) is 5. The minimum absolute atomic E-state index is 0.0397. The highest BCUT2D eigenvalue weighted by Gasteiger charge is 2.05. The van der Waals surface area contributed by atoms with Gasteiger partial charge in [0.05, 0.1) is 6.21 Å². The van der Waals surface area contributed by atoms with Gasteiger partial charge < -0.3 is 10.1 Å². The Kier molecular flexibility index (Phi) is 6.25. The number of ether oxygens (including phenoxy) is 1. The van der Waals surface area contributed by atoms with Crippen LogP contribution in [0.1, 0.15) is 22.8 Å². The number of benzene rings is 2. The summed E-state index contributed by atoms with van der Waals surface area (Å²) < 4.78 is 5.19. The molecule has 126 valence electrons. The summed E-state index contributed by atoms with van der Waals surface area (Å²) in [5.41, 5.74) is 4.03. The first-order valence-electron chi connectivity index (χ1n) is 7.39. The Hall–Kier alpha value is -3.66. The molecule has 0 aliphatic carbocycles. The van der Waals surface area contributed by atoms with Gasteiger partial charge in [0, 0.05) is 18.2 Å². The molecule has 25 heavy (non-hydrogen) atoms. The zero-order valence-corrected chi connectivity index (χ0v) is 13.5. The maximum atomic E-state index is 12.1. The predicted molar refractivity (Wildman–Crippen MR) is 93.4 cm³/mol. The molecule has 2 aromatic carbocycles. The molecular weight excluding hydrogens is 320 g/mol. The number of nitrogens with zero attached hydrogens (tertiary/aromatic N) is 2. The lowest BCUT2D eigenvalue weighted by Gasteiger charge is -2.05. The van der Waals surface area contributed by atoms with Crippen molar-refractivity contribution in [2.24, 2.45) is 5.10 Å². The molecular formula is C18H16N4O3. The van der Waals surface area contributed by atoms with E-state index in [2.05, 4.69) is 15.8 Å². The zero-order valence-electron chi connectivity index (χ0n) is 13.5. The largest absolute Gasteiger partial charge is 0.479 e. The third-order valence-corrected chi connectivity index (χ3v) is 2.99. The Labute approximate surface area is 144 Å². The fraction of sp³-hybridized carbons (Fsp3) is 0.111.